The third-order valence-electron chi connectivity index (χ3n) is 1.50. The maximum absolute atomic E-state index is 11.0. The number of H-pyrrole nitrogens is 1. The molecule has 2 heterocycles. The van der Waals surface area contributed by atoms with Gasteiger partial charge < -0.3 is 4.98 Å². The van der Waals surface area contributed by atoms with Crippen molar-refractivity contribution in [2.45, 2.75) is 0 Å². The highest BCUT2D eigenvalue weighted by molar-refractivity contribution is 5.68. The van der Waals surface area contributed by atoms with Crippen molar-refractivity contribution in [3.63, 3.8) is 0 Å². The third kappa shape index (κ3) is 0.956. The van der Waals surface area contributed by atoms with Crippen LogP contribution in [0.4, 0.5) is 0 Å². The normalized spacial score (nSPS) is 10.5. The Balaban J connectivity index is 2.91. The molecular weight excluding hydrogens is 178 g/mol. The number of aromatic nitrogens is 4. The first kappa shape index (κ1) is 7.40. The summed E-state index contributed by atoms with van der Waals surface area (Å²) < 4.78 is 0.588. The molecule has 0 saturated heterocycles. The number of hydrogen-bond acceptors (Lipinski definition) is 5. The van der Waals surface area contributed by atoms with Crippen LogP contribution in [0.3, 0.4) is 0 Å². The quantitative estimate of drug-likeness (QED) is 0.455. The smallest absolute Gasteiger partial charge is 0.279 e. The molecule has 0 saturated carbocycles. The maximum atomic E-state index is 11.0. The van der Waals surface area contributed by atoms with Gasteiger partial charge in [0.1, 0.15) is 0 Å². The van der Waals surface area contributed by atoms with Crippen molar-refractivity contribution in [1.82, 2.24) is 19.6 Å². The van der Waals surface area contributed by atoms with Gasteiger partial charge in [-0.3, -0.25) is 4.79 Å². The number of nitrogens with zero attached hydrogens (tertiary/aromatic N) is 4. The molecule has 0 bridgehead atoms. The van der Waals surface area contributed by atoms with Gasteiger partial charge in [-0.15, -0.1) is 0 Å². The summed E-state index contributed by atoms with van der Waals surface area (Å²) in [5.74, 6) is 0. The van der Waals surface area contributed by atoms with Gasteiger partial charge in [-0.2, -0.15) is 0 Å². The monoisotopic (exact) mass is 181 g/mol. The van der Waals surface area contributed by atoms with E-state index in [-0.39, 0.29) is 11.2 Å². The van der Waals surface area contributed by atoms with Crippen LogP contribution >= 0.6 is 0 Å². The molecule has 66 valence electrons. The van der Waals surface area contributed by atoms with E-state index in [0.717, 1.165) is 12.7 Å². The van der Waals surface area contributed by atoms with Crippen LogP contribution < -0.4 is 5.56 Å². The fraction of sp³-hybridized carbons (Fsp3) is 0. The van der Waals surface area contributed by atoms with Crippen LogP contribution in [0.25, 0.3) is 11.2 Å². The minimum absolute atomic E-state index is 0.0424. The zero-order valence-corrected chi connectivity index (χ0v) is 6.17. The van der Waals surface area contributed by atoms with E-state index in [2.05, 4.69) is 15.0 Å². The highest BCUT2D eigenvalue weighted by atomic mass is 16.7. The summed E-state index contributed by atoms with van der Waals surface area (Å²) in [4.78, 5) is 30.8. The molecule has 2 aromatic rings. The molecule has 0 aromatic carbocycles. The summed E-state index contributed by atoms with van der Waals surface area (Å²) in [6, 6.07) is 0. The number of aromatic amines is 1. The Kier molecular flexibility index (Phi) is 1.35. The first-order valence-corrected chi connectivity index (χ1v) is 3.25. The van der Waals surface area contributed by atoms with E-state index >= 15 is 0 Å². The van der Waals surface area contributed by atoms with Crippen molar-refractivity contribution in [2.75, 3.05) is 0 Å². The lowest BCUT2D eigenvalue weighted by Gasteiger charge is -1.88. The first-order valence-electron chi connectivity index (χ1n) is 3.25. The number of nitrogens with one attached hydrogen (secondary N) is 1. The number of fused-ring (bicyclic) bond motifs is 1. The number of imidazole rings is 1. The Morgan fingerprint density at radius 3 is 3.00 bits per heavy atom. The van der Waals surface area contributed by atoms with Crippen molar-refractivity contribution >= 4 is 11.2 Å². The Bertz CT molecular complexity index is 526. The zero-order chi connectivity index (χ0) is 9.42. The molecule has 0 atom stereocenters. The molecule has 0 unspecified atom stereocenters. The molecule has 1 N–H and O–H groups in total. The van der Waals surface area contributed by atoms with Gasteiger partial charge in [-0.25, -0.2) is 20.1 Å². The van der Waals surface area contributed by atoms with Gasteiger partial charge >= 0.3 is 0 Å². The number of nitro groups is 1. The van der Waals surface area contributed by atoms with Gasteiger partial charge in [-0.1, -0.05) is 0 Å². The molecule has 0 amide bonds. The molecule has 0 radical (unpaired) electrons. The lowest BCUT2D eigenvalue weighted by Crippen LogP contribution is -2.11. The summed E-state index contributed by atoms with van der Waals surface area (Å²) in [7, 11) is 0. The lowest BCUT2D eigenvalue weighted by molar-refractivity contribution is -0.538. The molecule has 0 aliphatic rings. The first-order chi connectivity index (χ1) is 6.20. The molecule has 0 aliphatic heterocycles. The maximum Gasteiger partial charge on any atom is 0.279 e. The predicted octanol–water partition coefficient (Wildman–Crippen LogP) is -0.841. The van der Waals surface area contributed by atoms with E-state index in [4.69, 9.17) is 0 Å². The molecule has 0 aliphatic carbocycles. The average Bonchev–Trinajstić information content (AvgIpc) is 2.48. The van der Waals surface area contributed by atoms with Crippen LogP contribution in [0.5, 0.6) is 0 Å². The molecule has 8 heteroatoms. The van der Waals surface area contributed by atoms with Gasteiger partial charge in [0.2, 0.25) is 5.65 Å². The van der Waals surface area contributed by atoms with Crippen LogP contribution in [-0.2, 0) is 0 Å². The third-order valence-corrected chi connectivity index (χ3v) is 1.50. The molecular formula is C5H3N5O3. The molecule has 2 aromatic heterocycles. The van der Waals surface area contributed by atoms with E-state index in [1.807, 2.05) is 0 Å². The van der Waals surface area contributed by atoms with E-state index < -0.39 is 10.6 Å². The van der Waals surface area contributed by atoms with Gasteiger partial charge in [0, 0.05) is 0 Å². The highest BCUT2D eigenvalue weighted by Crippen LogP contribution is 2.01. The zero-order valence-electron chi connectivity index (χ0n) is 6.17. The summed E-state index contributed by atoms with van der Waals surface area (Å²) in [6.45, 7) is 0. The second-order valence-corrected chi connectivity index (χ2v) is 2.23. The fourth-order valence-electron chi connectivity index (χ4n) is 0.954. The topological polar surface area (TPSA) is 107 Å². The molecule has 2 rings (SSSR count). The largest absolute Gasteiger partial charge is 0.311 e. The summed E-state index contributed by atoms with van der Waals surface area (Å²) in [5, 5.41) is 9.66. The fourth-order valence-corrected chi connectivity index (χ4v) is 0.954. The minimum Gasteiger partial charge on any atom is -0.311 e. The summed E-state index contributed by atoms with van der Waals surface area (Å²) in [6.07, 6.45) is 2.03. The van der Waals surface area contributed by atoms with E-state index in [1.54, 1.807) is 0 Å². The number of hydrogen-bond donors (Lipinski definition) is 1. The van der Waals surface area contributed by atoms with Crippen molar-refractivity contribution in [3.05, 3.63) is 33.1 Å². The van der Waals surface area contributed by atoms with E-state index in [9.17, 15) is 14.9 Å². The highest BCUT2D eigenvalue weighted by Gasteiger charge is 2.13. The molecule has 0 fully saturated rings. The van der Waals surface area contributed by atoms with Gasteiger partial charge in [0.25, 0.3) is 5.56 Å². The van der Waals surface area contributed by atoms with Crippen LogP contribution in [-0.4, -0.2) is 24.7 Å². The van der Waals surface area contributed by atoms with Crippen LogP contribution in [0.1, 0.15) is 0 Å². The second kappa shape index (κ2) is 2.37. The van der Waals surface area contributed by atoms with Crippen molar-refractivity contribution < 1.29 is 5.03 Å². The molecule has 0 spiro atoms. The van der Waals surface area contributed by atoms with Gasteiger partial charge in [0.05, 0.1) is 6.33 Å². The van der Waals surface area contributed by atoms with Crippen molar-refractivity contribution in [2.24, 2.45) is 0 Å². The Hall–Kier alpha value is -2.25. The Morgan fingerprint density at radius 1 is 1.54 bits per heavy atom. The Morgan fingerprint density at radius 2 is 2.31 bits per heavy atom. The van der Waals surface area contributed by atoms with Crippen LogP contribution in [0.15, 0.2) is 17.4 Å². The van der Waals surface area contributed by atoms with E-state index in [0.29, 0.717) is 4.68 Å². The number of rotatable bonds is 1. The summed E-state index contributed by atoms with van der Waals surface area (Å²) >= 11 is 0. The van der Waals surface area contributed by atoms with Gasteiger partial charge in [0.15, 0.2) is 16.9 Å². The van der Waals surface area contributed by atoms with Crippen molar-refractivity contribution in [3.8, 4) is 0 Å². The second-order valence-electron chi connectivity index (χ2n) is 2.23. The molecule has 13 heavy (non-hydrogen) atoms. The average molecular weight is 181 g/mol. The molecule has 8 nitrogen and oxygen atoms in total. The van der Waals surface area contributed by atoms with Gasteiger partial charge in [-0.05, 0) is 4.68 Å². The van der Waals surface area contributed by atoms with E-state index in [1.165, 1.54) is 0 Å². The van der Waals surface area contributed by atoms with Crippen LogP contribution in [0.2, 0.25) is 0 Å². The lowest BCUT2D eigenvalue weighted by atomic mass is 10.5. The standard InChI is InChI=1S/C5H3N5O3/c11-5-3-4(6-1-7-5)9(2-8-3)10(12)13/h1-2H,(H,6,7,11). The Labute approximate surface area is 70.0 Å². The predicted molar refractivity (Wildman–Crippen MR) is 40.5 cm³/mol. The summed E-state index contributed by atoms with van der Waals surface area (Å²) in [5.41, 5.74) is -0.599. The van der Waals surface area contributed by atoms with Crippen LogP contribution in [0, 0.1) is 10.1 Å². The van der Waals surface area contributed by atoms with Crippen molar-refractivity contribution in [1.29, 1.82) is 0 Å². The minimum atomic E-state index is -0.707. The SMILES string of the molecule is O=c1[nH]cnc2c1ncn2[N+](=O)[O-].